The molecule has 0 heterocycles. The van der Waals surface area contributed by atoms with Crippen LogP contribution in [0.2, 0.25) is 0 Å². The van der Waals surface area contributed by atoms with Crippen LogP contribution >= 0.6 is 7.82 Å². The number of phosphoric ester groups is 1. The average Bonchev–Trinajstić information content (AvgIpc) is 3.04. The summed E-state index contributed by atoms with van der Waals surface area (Å²) < 4.78 is 22.3. The Morgan fingerprint density at radius 2 is 0.587 bits per heavy atom. The summed E-state index contributed by atoms with van der Waals surface area (Å²) in [5.41, 5.74) is 0. The van der Waals surface area contributed by atoms with Gasteiger partial charge in [0, 0.05) is 0 Å². The summed E-state index contributed by atoms with van der Waals surface area (Å²) in [6.45, 7) is 11.5. The average molecular weight is 674 g/mol. The number of unbranched alkanes of at least 4 members (excludes halogenated alkanes) is 28. The molecule has 0 aliphatic rings. The van der Waals surface area contributed by atoms with Gasteiger partial charge in [-0.2, -0.15) is 0 Å². The fraction of sp³-hybridized carbons (Fsp3) is 1.00. The number of hydrogen-bond donors (Lipinski definition) is 1. The molecule has 1 N–H and O–H groups in total. The molecule has 0 aromatic rings. The minimum absolute atomic E-state index is 0.318. The topological polar surface area (TPSA) is 59.0 Å². The Balaban J connectivity index is 3.61. The van der Waals surface area contributed by atoms with Crippen molar-refractivity contribution in [1.82, 2.24) is 4.90 Å². The zero-order valence-corrected chi connectivity index (χ0v) is 32.6. The first-order chi connectivity index (χ1) is 22.6. The molecule has 0 aromatic heterocycles. The summed E-state index contributed by atoms with van der Waals surface area (Å²) >= 11 is 0. The number of nitrogens with zero attached hydrogens (tertiary/aromatic N) is 1. The fourth-order valence-corrected chi connectivity index (χ4v) is 7.20. The van der Waals surface area contributed by atoms with Gasteiger partial charge in [-0.25, -0.2) is 4.57 Å². The highest BCUT2D eigenvalue weighted by molar-refractivity contribution is 7.47. The Labute approximate surface area is 289 Å². The van der Waals surface area contributed by atoms with Crippen LogP contribution in [0, 0.1) is 0 Å². The van der Waals surface area contributed by atoms with Crippen LogP contribution < -0.4 is 0 Å². The van der Waals surface area contributed by atoms with Gasteiger partial charge in [-0.15, -0.1) is 0 Å². The molecule has 0 aromatic carbocycles. The Morgan fingerprint density at radius 1 is 0.370 bits per heavy atom. The predicted octanol–water partition coefficient (Wildman–Crippen LogP) is 14.0. The van der Waals surface area contributed by atoms with E-state index in [-0.39, 0.29) is 0 Å². The highest BCUT2D eigenvalue weighted by atomic mass is 31.2. The highest BCUT2D eigenvalue weighted by Crippen LogP contribution is 2.43. The Bertz CT molecular complexity index is 604. The quantitative estimate of drug-likeness (QED) is 0.0518. The third-order valence-corrected chi connectivity index (χ3v) is 10.5. The second-order valence-corrected chi connectivity index (χ2v) is 15.7. The molecule has 6 heteroatoms. The Kier molecular flexibility index (Phi) is 37.9. The summed E-state index contributed by atoms with van der Waals surface area (Å²) in [4.78, 5) is 12.6. The maximum Gasteiger partial charge on any atom is 0.472 e. The van der Waals surface area contributed by atoms with Crippen molar-refractivity contribution in [3.63, 3.8) is 0 Å². The van der Waals surface area contributed by atoms with E-state index in [0.29, 0.717) is 13.2 Å². The monoisotopic (exact) mass is 674 g/mol. The van der Waals surface area contributed by atoms with Crippen LogP contribution in [0.3, 0.4) is 0 Å². The molecule has 1 atom stereocenters. The SMILES string of the molecule is CCCCCCCCCOP(=O)(O)OCCCCCCCCCCCCCCCN(CCCCCCCC)CCCCCCCC. The molecule has 0 bridgehead atoms. The van der Waals surface area contributed by atoms with Gasteiger partial charge in [0.25, 0.3) is 0 Å². The molecule has 0 radical (unpaired) electrons. The molecular formula is C40H84NO4P. The van der Waals surface area contributed by atoms with E-state index in [1.807, 2.05) is 0 Å². The van der Waals surface area contributed by atoms with Crippen LogP contribution in [0.4, 0.5) is 0 Å². The van der Waals surface area contributed by atoms with Crippen molar-refractivity contribution in [3.8, 4) is 0 Å². The Morgan fingerprint density at radius 3 is 0.848 bits per heavy atom. The van der Waals surface area contributed by atoms with Crippen LogP contribution in [0.5, 0.6) is 0 Å². The lowest BCUT2D eigenvalue weighted by atomic mass is 10.0. The molecule has 46 heavy (non-hydrogen) atoms. The maximum atomic E-state index is 12.0. The van der Waals surface area contributed by atoms with E-state index in [9.17, 15) is 9.46 Å². The van der Waals surface area contributed by atoms with Gasteiger partial charge in [-0.3, -0.25) is 9.05 Å². The first kappa shape index (κ1) is 46.1. The van der Waals surface area contributed by atoms with Gasteiger partial charge in [0.1, 0.15) is 0 Å². The second kappa shape index (κ2) is 37.9. The zero-order valence-electron chi connectivity index (χ0n) is 31.7. The molecule has 0 rings (SSSR count). The molecule has 0 saturated carbocycles. The number of rotatable bonds is 40. The third kappa shape index (κ3) is 36.9. The molecule has 5 nitrogen and oxygen atoms in total. The van der Waals surface area contributed by atoms with E-state index in [4.69, 9.17) is 9.05 Å². The van der Waals surface area contributed by atoms with Crippen LogP contribution in [0.1, 0.15) is 226 Å². The van der Waals surface area contributed by atoms with Gasteiger partial charge in [0.15, 0.2) is 0 Å². The smallest absolute Gasteiger partial charge is 0.303 e. The normalized spacial score (nSPS) is 13.2. The van der Waals surface area contributed by atoms with Crippen molar-refractivity contribution in [2.24, 2.45) is 0 Å². The molecule has 0 aliphatic carbocycles. The van der Waals surface area contributed by atoms with Gasteiger partial charge >= 0.3 is 7.82 Å². The summed E-state index contributed by atoms with van der Waals surface area (Å²) in [7, 11) is -3.87. The lowest BCUT2D eigenvalue weighted by Crippen LogP contribution is -2.27. The zero-order chi connectivity index (χ0) is 33.7. The molecule has 0 amide bonds. The van der Waals surface area contributed by atoms with Crippen LogP contribution in [-0.2, 0) is 13.6 Å². The number of phosphoric acid groups is 1. The summed E-state index contributed by atoms with van der Waals surface area (Å²) in [6, 6.07) is 0. The maximum absolute atomic E-state index is 12.0. The Hall–Kier alpha value is 0.0700. The molecule has 278 valence electrons. The van der Waals surface area contributed by atoms with Crippen LogP contribution in [0.25, 0.3) is 0 Å². The molecule has 0 saturated heterocycles. The van der Waals surface area contributed by atoms with Crippen molar-refractivity contribution >= 4 is 7.82 Å². The summed E-state index contributed by atoms with van der Waals surface area (Å²) in [5, 5.41) is 0. The molecule has 0 spiro atoms. The van der Waals surface area contributed by atoms with Gasteiger partial charge in [0.05, 0.1) is 13.2 Å². The lowest BCUT2D eigenvalue weighted by Gasteiger charge is -2.22. The van der Waals surface area contributed by atoms with Gasteiger partial charge < -0.3 is 9.79 Å². The highest BCUT2D eigenvalue weighted by Gasteiger charge is 2.19. The predicted molar refractivity (Wildman–Crippen MR) is 203 cm³/mol. The van der Waals surface area contributed by atoms with Gasteiger partial charge in [0.2, 0.25) is 0 Å². The molecule has 0 aliphatic heterocycles. The minimum atomic E-state index is -3.87. The van der Waals surface area contributed by atoms with Crippen molar-refractivity contribution in [1.29, 1.82) is 0 Å². The first-order valence-corrected chi connectivity index (χ1v) is 22.4. The number of hydrogen-bond acceptors (Lipinski definition) is 4. The first-order valence-electron chi connectivity index (χ1n) is 20.9. The van der Waals surface area contributed by atoms with Crippen molar-refractivity contribution in [2.45, 2.75) is 226 Å². The van der Waals surface area contributed by atoms with Gasteiger partial charge in [-0.1, -0.05) is 194 Å². The summed E-state index contributed by atoms with van der Waals surface area (Å²) in [6.07, 6.45) is 41.8. The van der Waals surface area contributed by atoms with Gasteiger partial charge in [-0.05, 0) is 51.7 Å². The third-order valence-electron chi connectivity index (χ3n) is 9.53. The van der Waals surface area contributed by atoms with Crippen molar-refractivity contribution in [3.05, 3.63) is 0 Å². The van der Waals surface area contributed by atoms with E-state index in [2.05, 4.69) is 25.7 Å². The van der Waals surface area contributed by atoms with E-state index in [0.717, 1.165) is 25.7 Å². The van der Waals surface area contributed by atoms with Crippen molar-refractivity contribution in [2.75, 3.05) is 32.8 Å². The molecule has 1 unspecified atom stereocenters. The van der Waals surface area contributed by atoms with Crippen LogP contribution in [0.15, 0.2) is 0 Å². The minimum Gasteiger partial charge on any atom is -0.303 e. The van der Waals surface area contributed by atoms with E-state index >= 15 is 0 Å². The van der Waals surface area contributed by atoms with E-state index in [1.165, 1.54) is 199 Å². The van der Waals surface area contributed by atoms with E-state index in [1.54, 1.807) is 0 Å². The molecule has 0 fully saturated rings. The largest absolute Gasteiger partial charge is 0.472 e. The van der Waals surface area contributed by atoms with Crippen molar-refractivity contribution < 1.29 is 18.5 Å². The standard InChI is InChI=1S/C40H84NO4P/c1-4-7-10-13-24-29-34-39-44-46(42,43)45-40-35-30-25-22-20-18-16-17-19-21-23-28-33-38-41(36-31-26-14-11-8-5-2)37-32-27-15-12-9-6-3/h4-40H2,1-3H3,(H,42,43). The molecular weight excluding hydrogens is 589 g/mol. The van der Waals surface area contributed by atoms with Crippen LogP contribution in [-0.4, -0.2) is 42.6 Å². The fourth-order valence-electron chi connectivity index (χ4n) is 6.41. The van der Waals surface area contributed by atoms with E-state index < -0.39 is 7.82 Å². The lowest BCUT2D eigenvalue weighted by molar-refractivity contribution is 0.145. The summed E-state index contributed by atoms with van der Waals surface area (Å²) in [5.74, 6) is 0. The second-order valence-electron chi connectivity index (χ2n) is 14.2.